The molecule has 4 rings (SSSR count). The maximum Gasteiger partial charge on any atom is 0.253 e. The molecule has 29 heavy (non-hydrogen) atoms. The van der Waals surface area contributed by atoms with E-state index in [4.69, 9.17) is 4.74 Å². The molecular formula is C22H24N4O2S. The number of ether oxygens (including phenoxy) is 1. The van der Waals surface area contributed by atoms with Crippen LogP contribution in [0.4, 0.5) is 0 Å². The summed E-state index contributed by atoms with van der Waals surface area (Å²) < 4.78 is 5.76. The number of thiazole rings is 1. The summed E-state index contributed by atoms with van der Waals surface area (Å²) in [5.41, 5.74) is 2.88. The van der Waals surface area contributed by atoms with E-state index in [1.165, 1.54) is 5.56 Å². The lowest BCUT2D eigenvalue weighted by atomic mass is 10.1. The topological polar surface area (TPSA) is 58.6 Å². The van der Waals surface area contributed by atoms with E-state index in [1.807, 2.05) is 66.0 Å². The summed E-state index contributed by atoms with van der Waals surface area (Å²) in [6, 6.07) is 11.5. The molecule has 7 heteroatoms. The molecule has 0 spiro atoms. The van der Waals surface area contributed by atoms with Crippen LogP contribution in [0.2, 0.25) is 0 Å². The number of aromatic nitrogens is 2. The van der Waals surface area contributed by atoms with Crippen molar-refractivity contribution in [2.45, 2.75) is 20.1 Å². The van der Waals surface area contributed by atoms with Gasteiger partial charge in [-0.1, -0.05) is 0 Å². The second-order valence-electron chi connectivity index (χ2n) is 7.09. The average molecular weight is 409 g/mol. The summed E-state index contributed by atoms with van der Waals surface area (Å²) in [5, 5.41) is 3.03. The SMILES string of the molecule is Cc1nc(COc2ccc(C(=O)N3CCN(Cc4ccncc4)CC3)cc2)cs1. The third-order valence-corrected chi connectivity index (χ3v) is 5.79. The summed E-state index contributed by atoms with van der Waals surface area (Å²) in [5.74, 6) is 0.824. The standard InChI is InChI=1S/C22H24N4O2S/c1-17-24-20(16-29-17)15-28-21-4-2-19(3-5-21)22(27)26-12-10-25(11-13-26)14-18-6-8-23-9-7-18/h2-9,16H,10-15H2,1H3. The Morgan fingerprint density at radius 1 is 1.07 bits per heavy atom. The summed E-state index contributed by atoms with van der Waals surface area (Å²) in [6.45, 7) is 6.56. The Bertz CT molecular complexity index is 935. The van der Waals surface area contributed by atoms with Gasteiger partial charge in [-0.15, -0.1) is 11.3 Å². The molecule has 0 atom stereocenters. The quantitative estimate of drug-likeness (QED) is 0.626. The van der Waals surface area contributed by atoms with Gasteiger partial charge < -0.3 is 9.64 Å². The Hall–Kier alpha value is -2.77. The van der Waals surface area contributed by atoms with Gasteiger partial charge in [0.15, 0.2) is 0 Å². The molecular weight excluding hydrogens is 384 g/mol. The summed E-state index contributed by atoms with van der Waals surface area (Å²) >= 11 is 1.61. The Labute approximate surface area is 174 Å². The maximum absolute atomic E-state index is 12.8. The van der Waals surface area contributed by atoms with E-state index in [2.05, 4.69) is 14.9 Å². The lowest BCUT2D eigenvalue weighted by Crippen LogP contribution is -2.48. The Kier molecular flexibility index (Phi) is 6.17. The summed E-state index contributed by atoms with van der Waals surface area (Å²) in [4.78, 5) is 25.6. The van der Waals surface area contributed by atoms with Crippen molar-refractivity contribution in [3.63, 3.8) is 0 Å². The van der Waals surface area contributed by atoms with Crippen LogP contribution in [0.25, 0.3) is 0 Å². The van der Waals surface area contributed by atoms with Gasteiger partial charge >= 0.3 is 0 Å². The van der Waals surface area contributed by atoms with Crippen molar-refractivity contribution in [3.05, 3.63) is 76.0 Å². The second kappa shape index (κ2) is 9.15. The van der Waals surface area contributed by atoms with E-state index in [-0.39, 0.29) is 5.91 Å². The molecule has 1 aliphatic heterocycles. The van der Waals surface area contributed by atoms with Crippen molar-refractivity contribution in [3.8, 4) is 5.75 Å². The first kappa shape index (κ1) is 19.5. The first-order chi connectivity index (χ1) is 14.2. The van der Waals surface area contributed by atoms with Crippen molar-refractivity contribution >= 4 is 17.2 Å². The van der Waals surface area contributed by atoms with Crippen LogP contribution in [0.3, 0.4) is 0 Å². The van der Waals surface area contributed by atoms with Crippen LogP contribution < -0.4 is 4.74 Å². The molecule has 0 aliphatic carbocycles. The van der Waals surface area contributed by atoms with Crippen molar-refractivity contribution in [2.75, 3.05) is 26.2 Å². The Morgan fingerprint density at radius 3 is 2.45 bits per heavy atom. The van der Waals surface area contributed by atoms with E-state index < -0.39 is 0 Å². The van der Waals surface area contributed by atoms with Crippen molar-refractivity contribution in [1.29, 1.82) is 0 Å². The third kappa shape index (κ3) is 5.19. The average Bonchev–Trinajstić information content (AvgIpc) is 3.19. The van der Waals surface area contributed by atoms with Crippen LogP contribution in [0.5, 0.6) is 5.75 Å². The third-order valence-electron chi connectivity index (χ3n) is 4.97. The van der Waals surface area contributed by atoms with Crippen LogP contribution in [-0.4, -0.2) is 51.9 Å². The van der Waals surface area contributed by atoms with Crippen molar-refractivity contribution in [2.24, 2.45) is 0 Å². The van der Waals surface area contributed by atoms with E-state index in [1.54, 1.807) is 11.3 Å². The first-order valence-corrected chi connectivity index (χ1v) is 10.6. The van der Waals surface area contributed by atoms with E-state index >= 15 is 0 Å². The molecule has 0 radical (unpaired) electrons. The molecule has 1 aromatic carbocycles. The molecule has 0 N–H and O–H groups in total. The number of rotatable bonds is 6. The number of carbonyl (C=O) groups is 1. The van der Waals surface area contributed by atoms with E-state index in [0.29, 0.717) is 12.2 Å². The van der Waals surface area contributed by atoms with Gasteiger partial charge in [0.25, 0.3) is 5.91 Å². The molecule has 1 aliphatic rings. The van der Waals surface area contributed by atoms with Gasteiger partial charge in [-0.3, -0.25) is 14.7 Å². The number of aryl methyl sites for hydroxylation is 1. The minimum Gasteiger partial charge on any atom is -0.487 e. The molecule has 1 saturated heterocycles. The second-order valence-corrected chi connectivity index (χ2v) is 8.16. The molecule has 3 heterocycles. The highest BCUT2D eigenvalue weighted by atomic mass is 32.1. The molecule has 6 nitrogen and oxygen atoms in total. The monoisotopic (exact) mass is 408 g/mol. The zero-order valence-corrected chi connectivity index (χ0v) is 17.3. The molecule has 0 unspecified atom stereocenters. The van der Waals surface area contributed by atoms with Crippen molar-refractivity contribution in [1.82, 2.24) is 19.8 Å². The molecule has 1 fully saturated rings. The minimum absolute atomic E-state index is 0.0789. The first-order valence-electron chi connectivity index (χ1n) is 9.72. The van der Waals surface area contributed by atoms with Gasteiger partial charge in [0.1, 0.15) is 12.4 Å². The number of amides is 1. The number of piperazine rings is 1. The fraction of sp³-hybridized carbons (Fsp3) is 0.318. The van der Waals surface area contributed by atoms with Gasteiger partial charge in [0, 0.05) is 56.1 Å². The lowest BCUT2D eigenvalue weighted by molar-refractivity contribution is 0.0628. The fourth-order valence-electron chi connectivity index (χ4n) is 3.36. The minimum atomic E-state index is 0.0789. The van der Waals surface area contributed by atoms with Gasteiger partial charge in [-0.25, -0.2) is 4.98 Å². The molecule has 150 valence electrons. The molecule has 2 aromatic heterocycles. The van der Waals surface area contributed by atoms with Crippen molar-refractivity contribution < 1.29 is 9.53 Å². The lowest BCUT2D eigenvalue weighted by Gasteiger charge is -2.34. The number of nitrogens with zero attached hydrogens (tertiary/aromatic N) is 4. The summed E-state index contributed by atoms with van der Waals surface area (Å²) in [7, 11) is 0. The predicted molar refractivity (Wildman–Crippen MR) is 113 cm³/mol. The van der Waals surface area contributed by atoms with Crippen LogP contribution in [0.1, 0.15) is 26.6 Å². The summed E-state index contributed by atoms with van der Waals surface area (Å²) in [6.07, 6.45) is 3.64. The van der Waals surface area contributed by atoms with Crippen LogP contribution in [-0.2, 0) is 13.2 Å². The molecule has 0 bridgehead atoms. The Balaban J connectivity index is 1.27. The largest absolute Gasteiger partial charge is 0.487 e. The highest BCUT2D eigenvalue weighted by Gasteiger charge is 2.22. The smallest absolute Gasteiger partial charge is 0.253 e. The highest BCUT2D eigenvalue weighted by Crippen LogP contribution is 2.17. The van der Waals surface area contributed by atoms with Crippen LogP contribution in [0.15, 0.2) is 54.2 Å². The predicted octanol–water partition coefficient (Wildman–Crippen LogP) is 3.38. The fourth-order valence-corrected chi connectivity index (χ4v) is 3.96. The van der Waals surface area contributed by atoms with Gasteiger partial charge in [-0.05, 0) is 48.9 Å². The van der Waals surface area contributed by atoms with Gasteiger partial charge in [-0.2, -0.15) is 0 Å². The zero-order chi connectivity index (χ0) is 20.1. The van der Waals surface area contributed by atoms with Crippen LogP contribution >= 0.6 is 11.3 Å². The molecule has 0 saturated carbocycles. The molecule has 3 aromatic rings. The number of benzene rings is 1. The van der Waals surface area contributed by atoms with Crippen LogP contribution in [0, 0.1) is 6.92 Å². The normalized spacial score (nSPS) is 14.7. The number of carbonyl (C=O) groups excluding carboxylic acids is 1. The highest BCUT2D eigenvalue weighted by molar-refractivity contribution is 7.09. The number of pyridine rings is 1. The maximum atomic E-state index is 12.8. The van der Waals surface area contributed by atoms with E-state index in [9.17, 15) is 4.79 Å². The van der Waals surface area contributed by atoms with Gasteiger partial charge in [0.05, 0.1) is 10.7 Å². The molecule has 1 amide bonds. The zero-order valence-electron chi connectivity index (χ0n) is 16.5. The Morgan fingerprint density at radius 2 is 1.79 bits per heavy atom. The van der Waals surface area contributed by atoms with Gasteiger partial charge in [0.2, 0.25) is 0 Å². The van der Waals surface area contributed by atoms with E-state index in [0.717, 1.165) is 49.2 Å². The number of hydrogen-bond acceptors (Lipinski definition) is 6. The number of hydrogen-bond donors (Lipinski definition) is 0.